The van der Waals surface area contributed by atoms with Gasteiger partial charge in [-0.05, 0) is 18.2 Å². The summed E-state index contributed by atoms with van der Waals surface area (Å²) in [4.78, 5) is 11.6. The Bertz CT molecular complexity index is 594. The highest BCUT2D eigenvalue weighted by Gasteiger charge is 2.07. The van der Waals surface area contributed by atoms with E-state index in [4.69, 9.17) is 16.3 Å². The van der Waals surface area contributed by atoms with Gasteiger partial charge in [0.25, 0.3) is 5.56 Å². The number of aromatic nitrogens is 1. The van der Waals surface area contributed by atoms with Gasteiger partial charge in [-0.15, -0.1) is 0 Å². The van der Waals surface area contributed by atoms with E-state index in [0.29, 0.717) is 10.9 Å². The summed E-state index contributed by atoms with van der Waals surface area (Å²) in [6.07, 6.45) is 0. The number of methoxy groups -OCH3 is 1. The maximum Gasteiger partial charge on any atom is 0.254 e. The van der Waals surface area contributed by atoms with Gasteiger partial charge in [0.15, 0.2) is 0 Å². The van der Waals surface area contributed by atoms with Gasteiger partial charge in [0.05, 0.1) is 10.5 Å². The van der Waals surface area contributed by atoms with Crippen LogP contribution < -0.4 is 5.56 Å². The monoisotopic (exact) mass is 241 g/mol. The van der Waals surface area contributed by atoms with Crippen LogP contribution in [0, 0.1) is 5.82 Å². The third-order valence-corrected chi connectivity index (χ3v) is 2.59. The van der Waals surface area contributed by atoms with Crippen LogP contribution in [0.5, 0.6) is 0 Å². The van der Waals surface area contributed by atoms with Crippen molar-refractivity contribution in [3.8, 4) is 0 Å². The van der Waals surface area contributed by atoms with Crippen LogP contribution in [0.1, 0.15) is 0 Å². The van der Waals surface area contributed by atoms with Crippen LogP contribution in [0.3, 0.4) is 0 Å². The maximum atomic E-state index is 13.1. The molecule has 0 spiro atoms. The third kappa shape index (κ3) is 1.81. The van der Waals surface area contributed by atoms with Gasteiger partial charge in [-0.1, -0.05) is 11.6 Å². The van der Waals surface area contributed by atoms with E-state index in [1.807, 2.05) is 0 Å². The molecule has 0 unspecified atom stereocenters. The minimum atomic E-state index is -0.392. The highest BCUT2D eigenvalue weighted by atomic mass is 35.5. The van der Waals surface area contributed by atoms with Gasteiger partial charge in [-0.3, -0.25) is 9.36 Å². The Kier molecular flexibility index (Phi) is 2.94. The fourth-order valence-electron chi connectivity index (χ4n) is 1.58. The van der Waals surface area contributed by atoms with E-state index in [1.54, 1.807) is 0 Å². The SMILES string of the molecule is COCn1c(=O)cc(Cl)c2cc(F)ccc21. The largest absolute Gasteiger partial charge is 0.364 e. The van der Waals surface area contributed by atoms with Gasteiger partial charge in [0.1, 0.15) is 12.5 Å². The molecule has 0 fully saturated rings. The number of rotatable bonds is 2. The first-order valence-electron chi connectivity index (χ1n) is 4.61. The van der Waals surface area contributed by atoms with Gasteiger partial charge in [-0.2, -0.15) is 0 Å². The summed E-state index contributed by atoms with van der Waals surface area (Å²) in [5.74, 6) is -0.392. The van der Waals surface area contributed by atoms with Crippen LogP contribution in [-0.4, -0.2) is 11.7 Å². The molecule has 1 aromatic heterocycles. The Balaban J connectivity index is 2.84. The highest BCUT2D eigenvalue weighted by Crippen LogP contribution is 2.22. The predicted molar refractivity (Wildman–Crippen MR) is 60.2 cm³/mol. The van der Waals surface area contributed by atoms with E-state index in [1.165, 1.54) is 35.9 Å². The second kappa shape index (κ2) is 4.23. The maximum absolute atomic E-state index is 13.1. The zero-order chi connectivity index (χ0) is 11.7. The zero-order valence-corrected chi connectivity index (χ0v) is 9.29. The summed E-state index contributed by atoms with van der Waals surface area (Å²) in [6.45, 7) is 0.109. The summed E-state index contributed by atoms with van der Waals surface area (Å²) in [6, 6.07) is 5.34. The normalized spacial score (nSPS) is 10.9. The molecule has 1 aromatic carbocycles. The highest BCUT2D eigenvalue weighted by molar-refractivity contribution is 6.35. The number of pyridine rings is 1. The van der Waals surface area contributed by atoms with Gasteiger partial charge in [0.2, 0.25) is 0 Å². The lowest BCUT2D eigenvalue weighted by molar-refractivity contribution is 0.132. The van der Waals surface area contributed by atoms with Crippen molar-refractivity contribution >= 4 is 22.5 Å². The van der Waals surface area contributed by atoms with Crippen LogP contribution in [0.15, 0.2) is 29.1 Å². The minimum absolute atomic E-state index is 0.109. The van der Waals surface area contributed by atoms with Crippen molar-refractivity contribution in [3.05, 3.63) is 45.5 Å². The Morgan fingerprint density at radius 2 is 2.19 bits per heavy atom. The third-order valence-electron chi connectivity index (χ3n) is 2.28. The van der Waals surface area contributed by atoms with E-state index >= 15 is 0 Å². The van der Waals surface area contributed by atoms with Crippen molar-refractivity contribution in [1.82, 2.24) is 4.57 Å². The second-order valence-electron chi connectivity index (χ2n) is 3.34. The van der Waals surface area contributed by atoms with Crippen molar-refractivity contribution in [2.45, 2.75) is 6.73 Å². The molecular weight excluding hydrogens is 233 g/mol. The summed E-state index contributed by atoms with van der Waals surface area (Å²) in [7, 11) is 1.48. The molecule has 0 saturated heterocycles. The van der Waals surface area contributed by atoms with E-state index < -0.39 is 5.82 Å². The number of ether oxygens (including phenoxy) is 1. The molecule has 84 valence electrons. The lowest BCUT2D eigenvalue weighted by Crippen LogP contribution is -2.20. The average Bonchev–Trinajstić information content (AvgIpc) is 2.24. The lowest BCUT2D eigenvalue weighted by atomic mass is 10.2. The van der Waals surface area contributed by atoms with Crippen LogP contribution >= 0.6 is 11.6 Å². The minimum Gasteiger partial charge on any atom is -0.364 e. The molecule has 0 bridgehead atoms. The molecule has 2 rings (SSSR count). The fourth-order valence-corrected chi connectivity index (χ4v) is 1.82. The number of nitrogens with zero attached hydrogens (tertiary/aromatic N) is 1. The Labute approximate surface area is 96.0 Å². The Morgan fingerprint density at radius 3 is 2.88 bits per heavy atom. The van der Waals surface area contributed by atoms with E-state index in [9.17, 15) is 9.18 Å². The molecule has 1 heterocycles. The van der Waals surface area contributed by atoms with Crippen LogP contribution in [0.4, 0.5) is 4.39 Å². The average molecular weight is 242 g/mol. The van der Waals surface area contributed by atoms with Crippen molar-refractivity contribution in [2.75, 3.05) is 7.11 Å². The quantitative estimate of drug-likeness (QED) is 0.809. The molecule has 0 aliphatic rings. The van der Waals surface area contributed by atoms with Crippen molar-refractivity contribution in [1.29, 1.82) is 0 Å². The molecule has 0 saturated carbocycles. The number of fused-ring (bicyclic) bond motifs is 1. The topological polar surface area (TPSA) is 31.2 Å². The zero-order valence-electron chi connectivity index (χ0n) is 8.54. The molecule has 16 heavy (non-hydrogen) atoms. The summed E-state index contributed by atoms with van der Waals surface area (Å²) >= 11 is 5.89. The molecule has 0 atom stereocenters. The second-order valence-corrected chi connectivity index (χ2v) is 3.74. The predicted octanol–water partition coefficient (Wildman–Crippen LogP) is 2.40. The fraction of sp³-hybridized carbons (Fsp3) is 0.182. The van der Waals surface area contributed by atoms with Crippen molar-refractivity contribution in [3.63, 3.8) is 0 Å². The first kappa shape index (κ1) is 11.1. The first-order chi connectivity index (χ1) is 7.63. The van der Waals surface area contributed by atoms with Crippen molar-refractivity contribution < 1.29 is 9.13 Å². The Hall–Kier alpha value is -1.39. The lowest BCUT2D eigenvalue weighted by Gasteiger charge is -2.09. The molecule has 0 aliphatic heterocycles. The van der Waals surface area contributed by atoms with Crippen LogP contribution in [0.2, 0.25) is 5.02 Å². The molecule has 0 N–H and O–H groups in total. The molecular formula is C11H9ClFNO2. The van der Waals surface area contributed by atoms with Gasteiger partial charge in [-0.25, -0.2) is 4.39 Å². The molecule has 0 aliphatic carbocycles. The van der Waals surface area contributed by atoms with Crippen LogP contribution in [-0.2, 0) is 11.5 Å². The van der Waals surface area contributed by atoms with E-state index in [2.05, 4.69) is 0 Å². The van der Waals surface area contributed by atoms with E-state index in [0.717, 1.165) is 0 Å². The summed E-state index contributed by atoms with van der Waals surface area (Å²) in [5, 5.41) is 0.741. The number of halogens is 2. The standard InChI is InChI=1S/C11H9ClFNO2/c1-16-6-14-10-3-2-7(13)4-8(10)9(12)5-11(14)15/h2-5H,6H2,1H3. The smallest absolute Gasteiger partial charge is 0.254 e. The van der Waals surface area contributed by atoms with Gasteiger partial charge >= 0.3 is 0 Å². The molecule has 5 heteroatoms. The molecule has 0 amide bonds. The summed E-state index contributed by atoms with van der Waals surface area (Å²) < 4.78 is 19.4. The molecule has 0 radical (unpaired) electrons. The van der Waals surface area contributed by atoms with Gasteiger partial charge in [0, 0.05) is 18.6 Å². The van der Waals surface area contributed by atoms with Crippen LogP contribution in [0.25, 0.3) is 10.9 Å². The molecule has 3 nitrogen and oxygen atoms in total. The summed E-state index contributed by atoms with van der Waals surface area (Å²) in [5.41, 5.74) is 0.284. The Morgan fingerprint density at radius 1 is 1.44 bits per heavy atom. The number of benzene rings is 1. The number of hydrogen-bond donors (Lipinski definition) is 0. The van der Waals surface area contributed by atoms with Crippen molar-refractivity contribution in [2.24, 2.45) is 0 Å². The first-order valence-corrected chi connectivity index (χ1v) is 4.99. The molecule has 2 aromatic rings. The van der Waals surface area contributed by atoms with E-state index in [-0.39, 0.29) is 17.3 Å². The number of hydrogen-bond acceptors (Lipinski definition) is 2. The van der Waals surface area contributed by atoms with Gasteiger partial charge < -0.3 is 4.74 Å².